The summed E-state index contributed by atoms with van der Waals surface area (Å²) in [4.78, 5) is 43.0. The number of anilines is 4. The standard InChI is InChI=1S/C21H20ClFN6O2.C21H19ClFN5O3/c1-31-18-9-17-14(8-13(18)10-29(7-3-6-24)11-19(25)30)21(27-12-26-17)28-16-5-2-4-15(22)20(16)23;1-31-18-9-17-14(8-13(18)10-28(7-3-6-24)11-19(29)30)21(26-12-25-17)27-16-5-2-4-15(22)20(16)23/h2,4-5,8-9,12H,3,7,10-11H2,1H3,(H2,25,30)(H,26,27,28);2,4-5,8-9,12H,3,7,10-11H2,1H3,(H,29,30)(H,25,26,27). The molecule has 0 aliphatic carbocycles. The van der Waals surface area contributed by atoms with Gasteiger partial charge in [-0.25, -0.2) is 28.7 Å². The maximum absolute atomic E-state index is 14.4. The molecule has 6 aromatic rings. The zero-order valence-corrected chi connectivity index (χ0v) is 34.8. The van der Waals surface area contributed by atoms with Crippen molar-refractivity contribution in [2.75, 3.05) is 51.0 Å². The summed E-state index contributed by atoms with van der Waals surface area (Å²) in [5.41, 5.74) is 8.23. The molecule has 0 saturated heterocycles. The number of primary amides is 1. The van der Waals surface area contributed by atoms with Crippen molar-refractivity contribution in [2.45, 2.75) is 25.9 Å². The molecule has 4 aromatic carbocycles. The van der Waals surface area contributed by atoms with E-state index in [0.29, 0.717) is 63.6 Å². The van der Waals surface area contributed by atoms with Gasteiger partial charge in [-0.3, -0.25) is 19.4 Å². The molecule has 0 radical (unpaired) electrons. The van der Waals surface area contributed by atoms with E-state index in [-0.39, 0.29) is 60.4 Å². The van der Waals surface area contributed by atoms with Crippen LogP contribution in [0.3, 0.4) is 0 Å². The van der Waals surface area contributed by atoms with Gasteiger partial charge >= 0.3 is 5.97 Å². The number of nitrogens with zero attached hydrogens (tertiary/aromatic N) is 8. The van der Waals surface area contributed by atoms with Crippen LogP contribution in [0.25, 0.3) is 21.8 Å². The van der Waals surface area contributed by atoms with Gasteiger partial charge in [0.15, 0.2) is 11.6 Å². The van der Waals surface area contributed by atoms with Crippen molar-refractivity contribution in [1.29, 1.82) is 10.5 Å². The second-order valence-corrected chi connectivity index (χ2v) is 14.2. The lowest BCUT2D eigenvalue weighted by Crippen LogP contribution is -2.34. The van der Waals surface area contributed by atoms with Crippen molar-refractivity contribution >= 4 is 79.9 Å². The number of hydrogen-bond acceptors (Lipinski definition) is 14. The van der Waals surface area contributed by atoms with Crippen LogP contribution in [0, 0.1) is 34.3 Å². The molecule has 0 aliphatic heterocycles. The van der Waals surface area contributed by atoms with Crippen LogP contribution in [0.1, 0.15) is 24.0 Å². The number of benzene rings is 4. The van der Waals surface area contributed by atoms with Gasteiger partial charge in [-0.05, 0) is 36.4 Å². The van der Waals surface area contributed by atoms with Crippen LogP contribution < -0.4 is 25.8 Å². The van der Waals surface area contributed by atoms with E-state index in [9.17, 15) is 23.5 Å². The van der Waals surface area contributed by atoms with E-state index in [1.165, 1.54) is 45.1 Å². The van der Waals surface area contributed by atoms with E-state index in [1.807, 2.05) is 6.07 Å². The summed E-state index contributed by atoms with van der Waals surface area (Å²) in [5, 5.41) is 34.0. The van der Waals surface area contributed by atoms with Crippen molar-refractivity contribution in [1.82, 2.24) is 29.7 Å². The van der Waals surface area contributed by atoms with Gasteiger partial charge in [0.25, 0.3) is 0 Å². The molecule has 2 heterocycles. The molecule has 1 amide bonds. The lowest BCUT2D eigenvalue weighted by molar-refractivity contribution is -0.138. The van der Waals surface area contributed by atoms with E-state index in [0.717, 1.165) is 5.56 Å². The SMILES string of the molecule is COc1cc2ncnc(Nc3cccc(Cl)c3F)c2cc1CN(CCC#N)CC(=O)O.COc1cc2ncnc(Nc3cccc(Cl)c3F)c2cc1CN(CCC#N)CC(N)=O. The summed E-state index contributed by atoms with van der Waals surface area (Å²) in [6.45, 7) is 0.954. The zero-order chi connectivity index (χ0) is 44.8. The molecule has 0 bridgehead atoms. The number of halogens is 4. The molecule has 0 aliphatic rings. The molecule has 0 unspecified atom stereocenters. The number of nitrogens with one attached hydrogen (secondary N) is 2. The first-order chi connectivity index (χ1) is 29.8. The summed E-state index contributed by atoms with van der Waals surface area (Å²) in [5.74, 6) is -0.886. The Morgan fingerprint density at radius 2 is 1.18 bits per heavy atom. The second-order valence-electron chi connectivity index (χ2n) is 13.4. The van der Waals surface area contributed by atoms with E-state index in [4.69, 9.17) is 48.9 Å². The van der Waals surface area contributed by atoms with Crippen LogP contribution in [0.5, 0.6) is 11.5 Å². The van der Waals surface area contributed by atoms with Gasteiger partial charge in [0.1, 0.15) is 35.8 Å². The normalized spacial score (nSPS) is 10.8. The summed E-state index contributed by atoms with van der Waals surface area (Å²) < 4.78 is 39.7. The highest BCUT2D eigenvalue weighted by molar-refractivity contribution is 6.31. The van der Waals surface area contributed by atoms with Crippen molar-refractivity contribution in [3.63, 3.8) is 0 Å². The zero-order valence-electron chi connectivity index (χ0n) is 33.3. The number of aliphatic carboxylic acids is 1. The summed E-state index contributed by atoms with van der Waals surface area (Å²) in [6.07, 6.45) is 3.13. The topological polar surface area (TPSA) is 229 Å². The molecule has 62 heavy (non-hydrogen) atoms. The molecule has 20 heteroatoms. The van der Waals surface area contributed by atoms with Crippen molar-refractivity contribution < 1.29 is 33.0 Å². The molecule has 5 N–H and O–H groups in total. The highest BCUT2D eigenvalue weighted by Crippen LogP contribution is 2.34. The first kappa shape index (κ1) is 46.1. The Morgan fingerprint density at radius 3 is 1.56 bits per heavy atom. The quantitative estimate of drug-likeness (QED) is 0.0661. The highest BCUT2D eigenvalue weighted by Gasteiger charge is 2.19. The number of carbonyl (C=O) groups excluding carboxylic acids is 1. The predicted molar refractivity (Wildman–Crippen MR) is 229 cm³/mol. The number of fused-ring (bicyclic) bond motifs is 2. The van der Waals surface area contributed by atoms with Crippen molar-refractivity contribution in [2.24, 2.45) is 5.73 Å². The van der Waals surface area contributed by atoms with Gasteiger partial charge in [-0.1, -0.05) is 35.3 Å². The molecule has 2 aromatic heterocycles. The molecular formula is C42H39Cl2F2N11O5. The Morgan fingerprint density at radius 1 is 0.742 bits per heavy atom. The fourth-order valence-corrected chi connectivity index (χ4v) is 6.63. The number of aromatic nitrogens is 4. The summed E-state index contributed by atoms with van der Waals surface area (Å²) in [7, 11) is 3.03. The molecule has 0 saturated carbocycles. The first-order valence-electron chi connectivity index (χ1n) is 18.6. The highest BCUT2D eigenvalue weighted by atomic mass is 35.5. The third-order valence-electron chi connectivity index (χ3n) is 9.09. The van der Waals surface area contributed by atoms with Crippen molar-refractivity contribution in [3.05, 3.63) is 106 Å². The predicted octanol–water partition coefficient (Wildman–Crippen LogP) is 7.35. The van der Waals surface area contributed by atoms with Crippen LogP contribution in [-0.4, -0.2) is 87.1 Å². The molecule has 0 atom stereocenters. The number of carbonyl (C=O) groups is 2. The number of ether oxygens (including phenoxy) is 2. The molecule has 0 fully saturated rings. The van der Waals surface area contributed by atoms with Crippen LogP contribution in [0.2, 0.25) is 10.0 Å². The summed E-state index contributed by atoms with van der Waals surface area (Å²) >= 11 is 11.7. The van der Waals surface area contributed by atoms with Crippen LogP contribution in [-0.2, 0) is 22.7 Å². The van der Waals surface area contributed by atoms with Gasteiger partial charge in [0, 0.05) is 73.1 Å². The fourth-order valence-electron chi connectivity index (χ4n) is 6.28. The minimum atomic E-state index is -1.00. The Labute approximate surface area is 364 Å². The van der Waals surface area contributed by atoms with Crippen LogP contribution in [0.4, 0.5) is 31.8 Å². The van der Waals surface area contributed by atoms with Gasteiger partial charge in [-0.15, -0.1) is 0 Å². The van der Waals surface area contributed by atoms with Crippen LogP contribution in [0.15, 0.2) is 73.3 Å². The minimum absolute atomic E-state index is 0.00695. The minimum Gasteiger partial charge on any atom is -0.496 e. The monoisotopic (exact) mass is 885 g/mol. The Kier molecular flexibility index (Phi) is 16.4. The maximum Gasteiger partial charge on any atom is 0.317 e. The number of nitrogens with two attached hydrogens (primary N) is 1. The van der Waals surface area contributed by atoms with E-state index >= 15 is 0 Å². The molecule has 0 spiro atoms. The number of nitriles is 2. The molecular weight excluding hydrogens is 847 g/mol. The maximum atomic E-state index is 14.4. The molecule has 16 nitrogen and oxygen atoms in total. The van der Waals surface area contributed by atoms with E-state index in [1.54, 1.807) is 52.3 Å². The Hall–Kier alpha value is -6.96. The van der Waals surface area contributed by atoms with Crippen LogP contribution >= 0.6 is 23.2 Å². The largest absolute Gasteiger partial charge is 0.496 e. The lowest BCUT2D eigenvalue weighted by atomic mass is 10.1. The number of carboxylic acid groups (broad SMARTS) is 1. The van der Waals surface area contributed by atoms with Gasteiger partial charge < -0.3 is 30.9 Å². The number of carboxylic acids is 1. The fraction of sp³-hybridized carbons (Fsp3) is 0.238. The summed E-state index contributed by atoms with van der Waals surface area (Å²) in [6, 6.07) is 20.3. The second kappa shape index (κ2) is 22.0. The lowest BCUT2D eigenvalue weighted by Gasteiger charge is -2.21. The number of methoxy groups -OCH3 is 2. The average molecular weight is 887 g/mol. The Balaban J connectivity index is 0.000000234. The number of amides is 1. The number of rotatable bonds is 18. The molecule has 320 valence electrons. The van der Waals surface area contributed by atoms with E-state index in [2.05, 4.69) is 36.6 Å². The third kappa shape index (κ3) is 12.1. The van der Waals surface area contributed by atoms with Gasteiger partial charge in [0.05, 0.1) is 71.9 Å². The van der Waals surface area contributed by atoms with E-state index < -0.39 is 23.5 Å². The number of hydrogen-bond donors (Lipinski definition) is 4. The first-order valence-corrected chi connectivity index (χ1v) is 19.3. The average Bonchev–Trinajstić information content (AvgIpc) is 3.25. The van der Waals surface area contributed by atoms with Crippen molar-refractivity contribution in [3.8, 4) is 23.6 Å². The van der Waals surface area contributed by atoms with Gasteiger partial charge in [-0.2, -0.15) is 10.5 Å². The smallest absolute Gasteiger partial charge is 0.317 e. The Bertz CT molecular complexity index is 2480. The van der Waals surface area contributed by atoms with Gasteiger partial charge in [0.2, 0.25) is 5.91 Å². The molecule has 6 rings (SSSR count). The third-order valence-corrected chi connectivity index (χ3v) is 9.67.